The van der Waals surface area contributed by atoms with E-state index in [1.807, 2.05) is 0 Å². The van der Waals surface area contributed by atoms with Gasteiger partial charge in [-0.3, -0.25) is 9.59 Å². The van der Waals surface area contributed by atoms with Gasteiger partial charge in [0.2, 0.25) is 5.91 Å². The van der Waals surface area contributed by atoms with Crippen LogP contribution in [0.25, 0.3) is 0 Å². The number of carbonyl (C=O) groups excluding carboxylic acids is 2. The maximum Gasteiger partial charge on any atom is 0.251 e. The highest BCUT2D eigenvalue weighted by Gasteiger charge is 2.26. The van der Waals surface area contributed by atoms with Crippen molar-refractivity contribution in [1.29, 1.82) is 0 Å². The van der Waals surface area contributed by atoms with Gasteiger partial charge in [0.25, 0.3) is 5.91 Å². The molecule has 0 saturated heterocycles. The predicted molar refractivity (Wildman–Crippen MR) is 68.3 cm³/mol. The Morgan fingerprint density at radius 3 is 2.76 bits per heavy atom. The number of nitrogens with two attached hydrogens (primary N) is 1. The van der Waals surface area contributed by atoms with E-state index in [4.69, 9.17) is 5.73 Å². The lowest BCUT2D eigenvalue weighted by Gasteiger charge is -2.18. The number of hydrogen-bond donors (Lipinski definition) is 2. The Bertz CT molecular complexity index is 479. The van der Waals surface area contributed by atoms with Crippen LogP contribution in [-0.2, 0) is 17.6 Å². The minimum atomic E-state index is -0.444. The number of hydrogen-bond acceptors (Lipinski definition) is 3. The molecule has 1 aromatic rings. The molecular formula is C12H16N2O2S. The van der Waals surface area contributed by atoms with Crippen molar-refractivity contribution in [2.24, 2.45) is 11.7 Å². The van der Waals surface area contributed by atoms with Crippen LogP contribution < -0.4 is 11.1 Å². The Morgan fingerprint density at radius 2 is 2.18 bits per heavy atom. The summed E-state index contributed by atoms with van der Waals surface area (Å²) in [6.07, 6.45) is 2.98. The van der Waals surface area contributed by atoms with E-state index in [-0.39, 0.29) is 5.91 Å². The van der Waals surface area contributed by atoms with E-state index in [9.17, 15) is 9.59 Å². The largest absolute Gasteiger partial charge is 0.365 e. The molecule has 0 bridgehead atoms. The number of amides is 2. The molecule has 17 heavy (non-hydrogen) atoms. The number of anilines is 1. The van der Waals surface area contributed by atoms with E-state index in [1.54, 1.807) is 0 Å². The summed E-state index contributed by atoms with van der Waals surface area (Å²) in [5.74, 6) is -0.0418. The van der Waals surface area contributed by atoms with Gasteiger partial charge in [0.1, 0.15) is 5.00 Å². The molecule has 0 unspecified atom stereocenters. The van der Waals surface area contributed by atoms with Crippen molar-refractivity contribution in [2.45, 2.75) is 33.1 Å². The highest BCUT2D eigenvalue weighted by Crippen LogP contribution is 2.39. The van der Waals surface area contributed by atoms with E-state index >= 15 is 0 Å². The first-order valence-corrected chi connectivity index (χ1v) is 6.52. The van der Waals surface area contributed by atoms with E-state index < -0.39 is 5.91 Å². The molecule has 3 N–H and O–H groups in total. The summed E-state index contributed by atoms with van der Waals surface area (Å²) >= 11 is 1.49. The first-order valence-electron chi connectivity index (χ1n) is 5.71. The molecule has 0 spiro atoms. The summed E-state index contributed by atoms with van der Waals surface area (Å²) in [6, 6.07) is 0. The molecule has 0 aromatic carbocycles. The van der Waals surface area contributed by atoms with Crippen LogP contribution in [0.15, 0.2) is 0 Å². The molecule has 4 nitrogen and oxygen atoms in total. The normalized spacial score (nSPS) is 18.6. The number of fused-ring (bicyclic) bond motifs is 1. The fraction of sp³-hybridized carbons (Fsp3) is 0.500. The fourth-order valence-electron chi connectivity index (χ4n) is 2.27. The monoisotopic (exact) mass is 252 g/mol. The third-order valence-electron chi connectivity index (χ3n) is 3.04. The zero-order chi connectivity index (χ0) is 12.6. The Morgan fingerprint density at radius 1 is 1.47 bits per heavy atom. The number of rotatable bonds is 2. The van der Waals surface area contributed by atoms with Gasteiger partial charge in [0.15, 0.2) is 0 Å². The van der Waals surface area contributed by atoms with Crippen molar-refractivity contribution in [3.05, 3.63) is 16.0 Å². The SMILES string of the molecule is CC(=O)Nc1sc2c(c1C(N)=O)C[C@H](C)CC2. The van der Waals surface area contributed by atoms with E-state index in [1.165, 1.54) is 23.1 Å². The molecule has 1 aliphatic rings. The van der Waals surface area contributed by atoms with Gasteiger partial charge >= 0.3 is 0 Å². The first-order chi connectivity index (χ1) is 7.99. The second-order valence-corrected chi connectivity index (χ2v) is 5.71. The van der Waals surface area contributed by atoms with E-state index in [0.29, 0.717) is 16.5 Å². The highest BCUT2D eigenvalue weighted by molar-refractivity contribution is 7.17. The molecule has 0 fully saturated rings. The summed E-state index contributed by atoms with van der Waals surface area (Å²) in [5, 5.41) is 3.32. The van der Waals surface area contributed by atoms with Gasteiger partial charge in [-0.2, -0.15) is 0 Å². The zero-order valence-corrected chi connectivity index (χ0v) is 10.8. The molecular weight excluding hydrogens is 236 g/mol. The molecule has 2 rings (SSSR count). The van der Waals surface area contributed by atoms with Crippen molar-refractivity contribution < 1.29 is 9.59 Å². The molecule has 92 valence electrons. The van der Waals surface area contributed by atoms with Crippen LogP contribution in [-0.4, -0.2) is 11.8 Å². The van der Waals surface area contributed by atoms with Crippen LogP contribution in [0.2, 0.25) is 0 Å². The molecule has 0 aliphatic heterocycles. The predicted octanol–water partition coefficient (Wildman–Crippen LogP) is 1.93. The zero-order valence-electron chi connectivity index (χ0n) is 10.0. The Kier molecular flexibility index (Phi) is 3.19. The number of nitrogens with one attached hydrogen (secondary N) is 1. The van der Waals surface area contributed by atoms with Crippen molar-refractivity contribution >= 4 is 28.2 Å². The van der Waals surface area contributed by atoms with Gasteiger partial charge in [-0.15, -0.1) is 11.3 Å². The lowest BCUT2D eigenvalue weighted by Crippen LogP contribution is -2.19. The topological polar surface area (TPSA) is 72.2 Å². The second kappa shape index (κ2) is 4.49. The van der Waals surface area contributed by atoms with Crippen molar-refractivity contribution in [3.8, 4) is 0 Å². The number of carbonyl (C=O) groups is 2. The van der Waals surface area contributed by atoms with Gasteiger partial charge in [0.05, 0.1) is 5.56 Å². The summed E-state index contributed by atoms with van der Waals surface area (Å²) in [5.41, 5.74) is 6.99. The van der Waals surface area contributed by atoms with Gasteiger partial charge in [-0.25, -0.2) is 0 Å². The lowest BCUT2D eigenvalue weighted by molar-refractivity contribution is -0.114. The van der Waals surface area contributed by atoms with Crippen LogP contribution in [0.4, 0.5) is 5.00 Å². The van der Waals surface area contributed by atoms with Gasteiger partial charge in [-0.1, -0.05) is 6.92 Å². The van der Waals surface area contributed by atoms with Gasteiger partial charge in [0, 0.05) is 11.8 Å². The van der Waals surface area contributed by atoms with Crippen LogP contribution in [0.3, 0.4) is 0 Å². The highest BCUT2D eigenvalue weighted by atomic mass is 32.1. The summed E-state index contributed by atoms with van der Waals surface area (Å²) in [7, 11) is 0. The van der Waals surface area contributed by atoms with Crippen molar-refractivity contribution in [3.63, 3.8) is 0 Å². The summed E-state index contributed by atoms with van der Waals surface area (Å²) in [4.78, 5) is 23.8. The van der Waals surface area contributed by atoms with Crippen molar-refractivity contribution in [2.75, 3.05) is 5.32 Å². The molecule has 5 heteroatoms. The minimum Gasteiger partial charge on any atom is -0.365 e. The van der Waals surface area contributed by atoms with Crippen molar-refractivity contribution in [1.82, 2.24) is 0 Å². The number of primary amides is 1. The summed E-state index contributed by atoms with van der Waals surface area (Å²) in [6.45, 7) is 3.61. The molecule has 1 atom stereocenters. The average Bonchev–Trinajstić information content (AvgIpc) is 2.53. The molecule has 2 amide bonds. The fourth-order valence-corrected chi connectivity index (χ4v) is 3.56. The molecule has 1 aliphatic carbocycles. The standard InChI is InChI=1S/C12H16N2O2S/c1-6-3-4-9-8(5-6)10(11(13)16)12(17-9)14-7(2)15/h6H,3-5H2,1-2H3,(H2,13,16)(H,14,15)/t6-/m1/s1. The number of aryl methyl sites for hydroxylation is 1. The lowest BCUT2D eigenvalue weighted by atomic mass is 9.87. The molecule has 1 heterocycles. The van der Waals surface area contributed by atoms with E-state index in [2.05, 4.69) is 12.2 Å². The van der Waals surface area contributed by atoms with Gasteiger partial charge in [-0.05, 0) is 30.7 Å². The molecule has 1 aromatic heterocycles. The third-order valence-corrected chi connectivity index (χ3v) is 4.25. The quantitative estimate of drug-likeness (QED) is 0.844. The Hall–Kier alpha value is -1.36. The average molecular weight is 252 g/mol. The maximum absolute atomic E-state index is 11.5. The Labute approximate surface area is 104 Å². The minimum absolute atomic E-state index is 0.167. The van der Waals surface area contributed by atoms with Crippen LogP contribution in [0.5, 0.6) is 0 Å². The Balaban J connectivity index is 2.47. The van der Waals surface area contributed by atoms with E-state index in [0.717, 1.165) is 24.8 Å². The number of thiophene rings is 1. The molecule has 0 saturated carbocycles. The first kappa shape index (κ1) is 12.1. The van der Waals surface area contributed by atoms with Crippen LogP contribution in [0.1, 0.15) is 41.1 Å². The van der Waals surface area contributed by atoms with Crippen LogP contribution in [0, 0.1) is 5.92 Å². The second-order valence-electron chi connectivity index (χ2n) is 4.60. The van der Waals surface area contributed by atoms with Crippen LogP contribution >= 0.6 is 11.3 Å². The van der Waals surface area contributed by atoms with Gasteiger partial charge < -0.3 is 11.1 Å². The molecule has 0 radical (unpaired) electrons. The third kappa shape index (κ3) is 2.34. The summed E-state index contributed by atoms with van der Waals surface area (Å²) < 4.78 is 0. The maximum atomic E-state index is 11.5. The smallest absolute Gasteiger partial charge is 0.251 e.